The van der Waals surface area contributed by atoms with Crippen molar-refractivity contribution in [1.82, 2.24) is 5.48 Å². The third kappa shape index (κ3) is 9.16. The number of hydrogen-bond acceptors (Lipinski definition) is 5. The molecule has 0 saturated heterocycles. The summed E-state index contributed by atoms with van der Waals surface area (Å²) in [6.45, 7) is 3.42. The number of unbranched alkanes of at least 4 members (excludes halogenated alkanes) is 1. The predicted octanol–water partition coefficient (Wildman–Crippen LogP) is 4.83. The zero-order chi connectivity index (χ0) is 22.7. The second-order valence-corrected chi connectivity index (χ2v) is 8.47. The number of thioether (sulfide) groups is 1. The highest BCUT2D eigenvalue weighted by Crippen LogP contribution is 2.20. The van der Waals surface area contributed by atoms with Gasteiger partial charge in [-0.15, -0.1) is 11.8 Å². The van der Waals surface area contributed by atoms with E-state index in [9.17, 15) is 9.90 Å². The zero-order valence-electron chi connectivity index (χ0n) is 18.6. The lowest BCUT2D eigenvalue weighted by Crippen LogP contribution is -2.37. The first-order valence-electron chi connectivity index (χ1n) is 10.3. The second-order valence-electron chi connectivity index (χ2n) is 7.59. The van der Waals surface area contributed by atoms with Crippen LogP contribution < -0.4 is 5.48 Å². The van der Waals surface area contributed by atoms with Gasteiger partial charge in [0.25, 0.3) is 0 Å². The molecule has 6 heteroatoms. The first kappa shape index (κ1) is 25.0. The molecular formula is C25H31NO4S. The number of carbonyl (C=O) groups excluding carboxylic acids is 1. The summed E-state index contributed by atoms with van der Waals surface area (Å²) in [6, 6.07) is 15.8. The van der Waals surface area contributed by atoms with Gasteiger partial charge in [-0.3, -0.25) is 4.79 Å². The molecule has 5 nitrogen and oxygen atoms in total. The number of rotatable bonds is 10. The number of aliphatic hydroxyl groups is 1. The van der Waals surface area contributed by atoms with E-state index in [0.29, 0.717) is 19.3 Å². The quantitative estimate of drug-likeness (QED) is 0.182. The highest BCUT2D eigenvalue weighted by atomic mass is 32.2. The minimum atomic E-state index is -0.860. The molecule has 1 amide bonds. The first-order valence-corrected chi connectivity index (χ1v) is 11.5. The molecule has 2 N–H and O–H groups in total. The summed E-state index contributed by atoms with van der Waals surface area (Å²) >= 11 is 1.71. The van der Waals surface area contributed by atoms with Crippen molar-refractivity contribution in [1.29, 1.82) is 0 Å². The minimum Gasteiger partial charge on any atom is -0.388 e. The third-order valence-electron chi connectivity index (χ3n) is 4.77. The summed E-state index contributed by atoms with van der Waals surface area (Å²) < 4.78 is 5.07. The number of carbonyl (C=O) groups is 1. The van der Waals surface area contributed by atoms with Gasteiger partial charge in [0.2, 0.25) is 5.91 Å². The van der Waals surface area contributed by atoms with Crippen LogP contribution >= 0.6 is 11.8 Å². The Morgan fingerprint density at radius 2 is 1.65 bits per heavy atom. The van der Waals surface area contributed by atoms with Crippen LogP contribution in [0.2, 0.25) is 0 Å². The molecule has 166 valence electrons. The normalized spacial score (nSPS) is 12.0. The van der Waals surface area contributed by atoms with Crippen molar-refractivity contribution in [2.24, 2.45) is 0 Å². The largest absolute Gasteiger partial charge is 0.388 e. The summed E-state index contributed by atoms with van der Waals surface area (Å²) in [4.78, 5) is 18.2. The number of hydrogen-bond donors (Lipinski definition) is 2. The van der Waals surface area contributed by atoms with Gasteiger partial charge in [0, 0.05) is 29.6 Å². The number of methoxy groups -OCH3 is 1. The lowest BCUT2D eigenvalue weighted by molar-refractivity contribution is -0.231. The highest BCUT2D eigenvalue weighted by Gasteiger charge is 2.18. The summed E-state index contributed by atoms with van der Waals surface area (Å²) in [5, 5.41) is 10.4. The van der Waals surface area contributed by atoms with Crippen LogP contribution in [0.15, 0.2) is 53.4 Å². The standard InChI is InChI=1S/C25H31NO4S/c1-25(2,29-3)30-26-24(28)8-6-5-7-23(27)21-15-11-19(12-16-21)9-10-20-13-17-22(31-4)18-14-20/h11-18,23,27H,5-8H2,1-4H3,(H,26,28)/t23-/m1/s1. The van der Waals surface area contributed by atoms with Crippen LogP contribution in [0.4, 0.5) is 0 Å². The highest BCUT2D eigenvalue weighted by molar-refractivity contribution is 7.98. The molecule has 0 unspecified atom stereocenters. The van der Waals surface area contributed by atoms with E-state index in [-0.39, 0.29) is 5.91 Å². The monoisotopic (exact) mass is 441 g/mol. The molecule has 2 rings (SSSR count). The zero-order valence-corrected chi connectivity index (χ0v) is 19.4. The maximum atomic E-state index is 11.8. The van der Waals surface area contributed by atoms with Crippen molar-refractivity contribution in [3.63, 3.8) is 0 Å². The van der Waals surface area contributed by atoms with Crippen molar-refractivity contribution in [2.45, 2.75) is 56.3 Å². The van der Waals surface area contributed by atoms with E-state index in [0.717, 1.165) is 23.1 Å². The van der Waals surface area contributed by atoms with Crippen LogP contribution in [0, 0.1) is 11.8 Å². The van der Waals surface area contributed by atoms with Gasteiger partial charge in [-0.2, -0.15) is 0 Å². The number of nitrogens with one attached hydrogen (secondary N) is 1. The smallest absolute Gasteiger partial charge is 0.243 e. The van der Waals surface area contributed by atoms with Gasteiger partial charge in [0.1, 0.15) is 0 Å². The molecule has 0 aliphatic rings. The van der Waals surface area contributed by atoms with Crippen molar-refractivity contribution >= 4 is 17.7 Å². The number of aliphatic hydroxyl groups excluding tert-OH is 1. The Balaban J connectivity index is 1.75. The number of ether oxygens (including phenoxy) is 1. The fraction of sp³-hybridized carbons (Fsp3) is 0.400. The van der Waals surface area contributed by atoms with E-state index in [1.54, 1.807) is 25.6 Å². The fourth-order valence-electron chi connectivity index (χ4n) is 2.67. The molecule has 2 aromatic rings. The molecular weight excluding hydrogens is 410 g/mol. The molecule has 0 bridgehead atoms. The number of benzene rings is 2. The van der Waals surface area contributed by atoms with Crippen LogP contribution in [0.1, 0.15) is 62.3 Å². The molecule has 0 heterocycles. The molecule has 0 aliphatic carbocycles. The molecule has 0 radical (unpaired) electrons. The maximum Gasteiger partial charge on any atom is 0.243 e. The van der Waals surface area contributed by atoms with Crippen LogP contribution in [0.3, 0.4) is 0 Å². The van der Waals surface area contributed by atoms with Gasteiger partial charge in [0.05, 0.1) is 6.10 Å². The van der Waals surface area contributed by atoms with E-state index in [2.05, 4.69) is 29.5 Å². The molecule has 0 spiro atoms. The molecule has 0 aliphatic heterocycles. The lowest BCUT2D eigenvalue weighted by Gasteiger charge is -2.22. The van der Waals surface area contributed by atoms with E-state index < -0.39 is 11.9 Å². The Morgan fingerprint density at radius 1 is 1.06 bits per heavy atom. The molecule has 0 aromatic heterocycles. The van der Waals surface area contributed by atoms with Gasteiger partial charge in [0.15, 0.2) is 5.79 Å². The van der Waals surface area contributed by atoms with Crippen molar-refractivity contribution < 1.29 is 19.5 Å². The summed E-state index contributed by atoms with van der Waals surface area (Å²) in [6.07, 6.45) is 3.80. The predicted molar refractivity (Wildman–Crippen MR) is 124 cm³/mol. The van der Waals surface area contributed by atoms with Gasteiger partial charge in [-0.25, -0.2) is 10.3 Å². The Kier molecular flexibility index (Phi) is 10.1. The van der Waals surface area contributed by atoms with Gasteiger partial charge in [-0.05, 0) is 74.9 Å². The minimum absolute atomic E-state index is 0.203. The topological polar surface area (TPSA) is 67.8 Å². The number of hydroxylamine groups is 1. The van der Waals surface area contributed by atoms with Crippen molar-refractivity contribution in [3.05, 3.63) is 65.2 Å². The molecule has 1 atom stereocenters. The maximum absolute atomic E-state index is 11.8. The van der Waals surface area contributed by atoms with E-state index in [4.69, 9.17) is 9.57 Å². The van der Waals surface area contributed by atoms with Crippen molar-refractivity contribution in [2.75, 3.05) is 13.4 Å². The van der Waals surface area contributed by atoms with E-state index in [1.807, 2.05) is 42.7 Å². The molecule has 2 aromatic carbocycles. The Hall–Kier alpha value is -2.30. The summed E-state index contributed by atoms with van der Waals surface area (Å²) in [5.74, 6) is 5.25. The van der Waals surface area contributed by atoms with Gasteiger partial charge in [-0.1, -0.05) is 30.4 Å². The molecule has 31 heavy (non-hydrogen) atoms. The lowest BCUT2D eigenvalue weighted by atomic mass is 10.0. The molecule has 0 saturated carbocycles. The van der Waals surface area contributed by atoms with Crippen LogP contribution in [-0.2, 0) is 14.4 Å². The second kappa shape index (κ2) is 12.5. The summed E-state index contributed by atoms with van der Waals surface area (Å²) in [7, 11) is 1.51. The number of amides is 1. The average molecular weight is 442 g/mol. The van der Waals surface area contributed by atoms with Gasteiger partial charge < -0.3 is 9.84 Å². The third-order valence-corrected chi connectivity index (χ3v) is 5.51. The molecule has 0 fully saturated rings. The van der Waals surface area contributed by atoms with Crippen LogP contribution in [-0.4, -0.2) is 30.2 Å². The van der Waals surface area contributed by atoms with E-state index in [1.165, 1.54) is 12.0 Å². The van der Waals surface area contributed by atoms with Crippen LogP contribution in [0.5, 0.6) is 0 Å². The van der Waals surface area contributed by atoms with Gasteiger partial charge >= 0.3 is 0 Å². The summed E-state index contributed by atoms with van der Waals surface area (Å²) in [5.41, 5.74) is 5.12. The average Bonchev–Trinajstić information content (AvgIpc) is 2.79. The van der Waals surface area contributed by atoms with E-state index >= 15 is 0 Å². The van der Waals surface area contributed by atoms with Crippen molar-refractivity contribution in [3.8, 4) is 11.8 Å². The first-order chi connectivity index (χ1) is 14.8. The Labute approximate surface area is 189 Å². The Bertz CT molecular complexity index is 882. The fourth-order valence-corrected chi connectivity index (χ4v) is 3.08. The SMILES string of the molecule is COC(C)(C)ONC(=O)CCCC[C@@H](O)c1ccc(C#Cc2ccc(SC)cc2)cc1. The Morgan fingerprint density at radius 3 is 2.19 bits per heavy atom. The van der Waals surface area contributed by atoms with Crippen LogP contribution in [0.25, 0.3) is 0 Å².